The van der Waals surface area contributed by atoms with Crippen LogP contribution in [0.3, 0.4) is 0 Å². The van der Waals surface area contributed by atoms with Crippen molar-refractivity contribution >= 4 is 11.6 Å². The second kappa shape index (κ2) is 5.89. The quantitative estimate of drug-likeness (QED) is 0.785. The molecule has 0 N–H and O–H groups in total. The van der Waals surface area contributed by atoms with Gasteiger partial charge in [-0.15, -0.1) is 11.6 Å². The monoisotopic (exact) mass is 282 g/mol. The fourth-order valence-corrected chi connectivity index (χ4v) is 2.22. The third-order valence-corrected chi connectivity index (χ3v) is 3.33. The van der Waals surface area contributed by atoms with Gasteiger partial charge in [-0.25, -0.2) is 0 Å². The van der Waals surface area contributed by atoms with E-state index in [4.69, 9.17) is 30.2 Å². The second-order valence-corrected chi connectivity index (χ2v) is 4.28. The average Bonchev–Trinajstić information content (AvgIpc) is 2.98. The fraction of sp³-hybridized carbons (Fsp3) is 0.286. The summed E-state index contributed by atoms with van der Waals surface area (Å²) in [4.78, 5) is 0. The molecule has 0 amide bonds. The molecule has 0 saturated carbocycles. The molecule has 0 aliphatic carbocycles. The molecule has 2 rings (SSSR count). The number of ether oxygens (including phenoxy) is 3. The van der Waals surface area contributed by atoms with Crippen LogP contribution in [0.1, 0.15) is 16.5 Å². The molecule has 0 fully saturated rings. The van der Waals surface area contributed by atoms with E-state index in [1.165, 1.54) is 0 Å². The molecule has 0 saturated heterocycles. The molecule has 5 heteroatoms. The molecule has 19 heavy (non-hydrogen) atoms. The highest BCUT2D eigenvalue weighted by molar-refractivity contribution is 6.22. The zero-order valence-corrected chi connectivity index (χ0v) is 11.7. The lowest BCUT2D eigenvalue weighted by Gasteiger charge is -2.17. The van der Waals surface area contributed by atoms with Crippen molar-refractivity contribution in [2.45, 2.75) is 5.38 Å². The maximum absolute atomic E-state index is 6.44. The maximum atomic E-state index is 6.44. The third kappa shape index (κ3) is 2.49. The normalized spacial score (nSPS) is 12.0. The summed E-state index contributed by atoms with van der Waals surface area (Å²) in [6.45, 7) is 0. The van der Waals surface area contributed by atoms with Gasteiger partial charge in [0, 0.05) is 11.1 Å². The molecule has 1 atom stereocenters. The van der Waals surface area contributed by atoms with Crippen molar-refractivity contribution in [3.05, 3.63) is 41.9 Å². The number of methoxy groups -OCH3 is 3. The minimum atomic E-state index is -0.381. The summed E-state index contributed by atoms with van der Waals surface area (Å²) in [5, 5.41) is -0.381. The Morgan fingerprint density at radius 3 is 2.26 bits per heavy atom. The Morgan fingerprint density at radius 1 is 1.00 bits per heavy atom. The molecule has 1 aromatic carbocycles. The summed E-state index contributed by atoms with van der Waals surface area (Å²) >= 11 is 6.44. The van der Waals surface area contributed by atoms with Gasteiger partial charge in [0.05, 0.1) is 39.2 Å². The average molecular weight is 283 g/mol. The van der Waals surface area contributed by atoms with Crippen LogP contribution in [-0.4, -0.2) is 21.3 Å². The largest absolute Gasteiger partial charge is 0.493 e. The van der Waals surface area contributed by atoms with Gasteiger partial charge >= 0.3 is 0 Å². The van der Waals surface area contributed by atoms with Crippen LogP contribution >= 0.6 is 11.6 Å². The van der Waals surface area contributed by atoms with Gasteiger partial charge in [0.1, 0.15) is 0 Å². The highest BCUT2D eigenvalue weighted by Crippen LogP contribution is 2.45. The molecular formula is C14H15ClO4. The molecule has 0 radical (unpaired) electrons. The SMILES string of the molecule is COc1ccc(C(Cl)c2ccoc2)c(OC)c1OC. The standard InChI is InChI=1S/C14H15ClO4/c1-16-11-5-4-10(13(17-2)14(11)18-3)12(15)9-6-7-19-8-9/h4-8,12H,1-3H3. The van der Waals surface area contributed by atoms with Crippen LogP contribution in [0.25, 0.3) is 0 Å². The van der Waals surface area contributed by atoms with E-state index in [0.29, 0.717) is 17.2 Å². The molecule has 102 valence electrons. The predicted octanol–water partition coefficient (Wildman–Crippen LogP) is 3.63. The van der Waals surface area contributed by atoms with Gasteiger partial charge in [0.2, 0.25) is 5.75 Å². The Kier molecular flexibility index (Phi) is 4.22. The minimum Gasteiger partial charge on any atom is -0.493 e. The number of hydrogen-bond donors (Lipinski definition) is 0. The van der Waals surface area contributed by atoms with E-state index in [1.807, 2.05) is 12.1 Å². The van der Waals surface area contributed by atoms with Crippen molar-refractivity contribution in [3.8, 4) is 17.2 Å². The zero-order chi connectivity index (χ0) is 13.8. The highest BCUT2D eigenvalue weighted by atomic mass is 35.5. The lowest BCUT2D eigenvalue weighted by molar-refractivity contribution is 0.322. The smallest absolute Gasteiger partial charge is 0.203 e. The van der Waals surface area contributed by atoms with Crippen LogP contribution in [0.4, 0.5) is 0 Å². The molecule has 0 aliphatic rings. The summed E-state index contributed by atoms with van der Waals surface area (Å²) in [6, 6.07) is 5.46. The van der Waals surface area contributed by atoms with Crippen LogP contribution in [0, 0.1) is 0 Å². The molecule has 1 aromatic heterocycles. The zero-order valence-electron chi connectivity index (χ0n) is 11.0. The van der Waals surface area contributed by atoms with E-state index in [9.17, 15) is 0 Å². The maximum Gasteiger partial charge on any atom is 0.203 e. The second-order valence-electron chi connectivity index (χ2n) is 3.84. The van der Waals surface area contributed by atoms with Gasteiger partial charge in [-0.3, -0.25) is 0 Å². The number of halogens is 1. The fourth-order valence-electron chi connectivity index (χ4n) is 1.92. The van der Waals surface area contributed by atoms with Crippen molar-refractivity contribution in [3.63, 3.8) is 0 Å². The predicted molar refractivity (Wildman–Crippen MR) is 72.5 cm³/mol. The lowest BCUT2D eigenvalue weighted by Crippen LogP contribution is -2.01. The Morgan fingerprint density at radius 2 is 1.74 bits per heavy atom. The van der Waals surface area contributed by atoms with E-state index >= 15 is 0 Å². The van der Waals surface area contributed by atoms with Crippen molar-refractivity contribution in [1.29, 1.82) is 0 Å². The number of benzene rings is 1. The first-order valence-corrected chi connectivity index (χ1v) is 6.11. The van der Waals surface area contributed by atoms with Crippen LogP contribution in [0.2, 0.25) is 0 Å². The van der Waals surface area contributed by atoms with Gasteiger partial charge in [0.25, 0.3) is 0 Å². The molecule has 0 aliphatic heterocycles. The molecule has 0 bridgehead atoms. The van der Waals surface area contributed by atoms with Crippen molar-refractivity contribution in [2.75, 3.05) is 21.3 Å². The molecule has 0 spiro atoms. The number of furan rings is 1. The van der Waals surface area contributed by atoms with E-state index in [0.717, 1.165) is 11.1 Å². The third-order valence-electron chi connectivity index (χ3n) is 2.84. The van der Waals surface area contributed by atoms with Crippen LogP contribution in [0.5, 0.6) is 17.2 Å². The topological polar surface area (TPSA) is 40.8 Å². The Bertz CT molecular complexity index is 537. The summed E-state index contributed by atoms with van der Waals surface area (Å²) in [5.41, 5.74) is 1.65. The Labute approximate surface area is 116 Å². The number of alkyl halides is 1. The summed E-state index contributed by atoms with van der Waals surface area (Å²) in [5.74, 6) is 1.68. The van der Waals surface area contributed by atoms with Crippen LogP contribution < -0.4 is 14.2 Å². The van der Waals surface area contributed by atoms with Gasteiger partial charge in [0.15, 0.2) is 11.5 Å². The first-order valence-electron chi connectivity index (χ1n) is 5.68. The Balaban J connectivity index is 2.51. The summed E-state index contributed by atoms with van der Waals surface area (Å²) in [6.07, 6.45) is 3.19. The van der Waals surface area contributed by atoms with Gasteiger partial charge in [-0.2, -0.15) is 0 Å². The van der Waals surface area contributed by atoms with Crippen LogP contribution in [-0.2, 0) is 0 Å². The van der Waals surface area contributed by atoms with E-state index in [2.05, 4.69) is 0 Å². The number of hydrogen-bond acceptors (Lipinski definition) is 4. The Hall–Kier alpha value is -1.81. The highest BCUT2D eigenvalue weighted by Gasteiger charge is 2.22. The van der Waals surface area contributed by atoms with E-state index in [1.54, 1.807) is 39.9 Å². The molecule has 4 nitrogen and oxygen atoms in total. The van der Waals surface area contributed by atoms with Crippen molar-refractivity contribution < 1.29 is 18.6 Å². The van der Waals surface area contributed by atoms with Crippen LogP contribution in [0.15, 0.2) is 35.1 Å². The van der Waals surface area contributed by atoms with Crippen molar-refractivity contribution in [1.82, 2.24) is 0 Å². The van der Waals surface area contributed by atoms with Gasteiger partial charge < -0.3 is 18.6 Å². The molecule has 2 aromatic rings. The van der Waals surface area contributed by atoms with Gasteiger partial charge in [-0.1, -0.05) is 0 Å². The summed E-state index contributed by atoms with van der Waals surface area (Å²) < 4.78 is 21.0. The number of rotatable bonds is 5. The van der Waals surface area contributed by atoms with E-state index < -0.39 is 0 Å². The molecule has 1 unspecified atom stereocenters. The molecule has 1 heterocycles. The van der Waals surface area contributed by atoms with E-state index in [-0.39, 0.29) is 5.38 Å². The lowest BCUT2D eigenvalue weighted by atomic mass is 10.0. The van der Waals surface area contributed by atoms with Crippen molar-refractivity contribution in [2.24, 2.45) is 0 Å². The molecular weight excluding hydrogens is 268 g/mol. The first kappa shape index (κ1) is 13.6. The minimum absolute atomic E-state index is 0.381. The first-order chi connectivity index (χ1) is 9.22. The van der Waals surface area contributed by atoms with Gasteiger partial charge in [-0.05, 0) is 18.2 Å². The summed E-state index contributed by atoms with van der Waals surface area (Å²) in [7, 11) is 4.70.